The Balaban J connectivity index is 0.000000108. The van der Waals surface area contributed by atoms with Crippen LogP contribution in [0.1, 0.15) is 44.6 Å². The van der Waals surface area contributed by atoms with E-state index in [2.05, 4.69) is 164 Å². The summed E-state index contributed by atoms with van der Waals surface area (Å²) in [5.41, 5.74) is 9.79. The van der Waals surface area contributed by atoms with Crippen LogP contribution in [0.3, 0.4) is 0 Å². The first-order chi connectivity index (χ1) is 53.8. The van der Waals surface area contributed by atoms with Gasteiger partial charge in [-0.15, -0.1) is 5.10 Å². The van der Waals surface area contributed by atoms with Crippen molar-refractivity contribution < 1.29 is 22.8 Å². The molecule has 8 N–H and O–H groups in total. The number of ether oxygens (including phenoxy) is 1. The maximum atomic E-state index is 13.0. The van der Waals surface area contributed by atoms with Crippen LogP contribution >= 0.6 is 0 Å². The molecule has 1 aliphatic heterocycles. The summed E-state index contributed by atoms with van der Waals surface area (Å²) in [7, 11) is 0. The number of nitro groups is 1. The lowest BCUT2D eigenvalue weighted by molar-refractivity contribution is -0.384. The monoisotopic (exact) mass is 1480 g/mol. The van der Waals surface area contributed by atoms with Crippen molar-refractivity contribution in [3.63, 3.8) is 0 Å². The maximum Gasteiger partial charge on any atom is 0.417 e. The molecule has 34 heteroatoms. The Kier molecular flexibility index (Phi) is 17.2. The number of aromatic nitrogens is 23. The van der Waals surface area contributed by atoms with Crippen LogP contribution in [0.15, 0.2) is 233 Å². The summed E-state index contributed by atoms with van der Waals surface area (Å²) < 4.78 is 50.0. The number of pyridine rings is 8. The summed E-state index contributed by atoms with van der Waals surface area (Å²) in [6, 6.07) is 45.4. The van der Waals surface area contributed by atoms with E-state index in [1.54, 1.807) is 84.6 Å². The Bertz CT molecular complexity index is 6730. The normalized spacial score (nSPS) is 12.9. The molecule has 15 aromatic heterocycles. The molecule has 0 saturated carbocycles. The number of nitrogens with one attached hydrogen (secondary N) is 8. The van der Waals surface area contributed by atoms with Gasteiger partial charge in [0.2, 0.25) is 0 Å². The van der Waals surface area contributed by atoms with E-state index in [4.69, 9.17) is 9.84 Å². The SMILES string of the molecule is C=C(c1nccc2cc(Nc3n[nH]c4cccnc34)ccc12)C(F)(F)F.CC1(C)OC(C)(C)c2nn(-c3nccc4cc(Nc5n[nH]c6cccnc56)ccc34)cc21.O=[N+]([O-])c1cnn(-c2nccc3cc(Nc4n[nH]c5cccnc45)ccc23)c1.c1cnc2c(Nc3ccc4c(-n5ccnn5)nccc4c3)n[nH]c2c1. The average molecular weight is 1480 g/mol. The van der Waals surface area contributed by atoms with E-state index < -0.39 is 22.3 Å². The van der Waals surface area contributed by atoms with E-state index in [9.17, 15) is 23.3 Å². The van der Waals surface area contributed by atoms with Crippen molar-refractivity contribution in [3.8, 4) is 17.5 Å². The number of nitrogens with zero attached hydrogens (tertiary/aromatic N) is 20. The van der Waals surface area contributed by atoms with Gasteiger partial charge in [-0.05, 0) is 189 Å². The Hall–Kier alpha value is -15.4. The fraction of sp³-hybridized carbons (Fsp3) is 0.0909. The van der Waals surface area contributed by atoms with Crippen molar-refractivity contribution in [2.75, 3.05) is 21.3 Å². The largest absolute Gasteiger partial charge is 0.417 e. The third kappa shape index (κ3) is 13.6. The lowest BCUT2D eigenvalue weighted by Gasteiger charge is -2.25. The number of alkyl halides is 3. The number of allylic oxidation sites excluding steroid dienone is 1. The van der Waals surface area contributed by atoms with Gasteiger partial charge in [-0.25, -0.2) is 29.0 Å². The number of hydrogen-bond donors (Lipinski definition) is 8. The minimum absolute atomic E-state index is 0.0880. The second-order valence-electron chi connectivity index (χ2n) is 26.4. The third-order valence-electron chi connectivity index (χ3n) is 18.3. The van der Waals surface area contributed by atoms with Crippen LogP contribution in [0.5, 0.6) is 0 Å². The lowest BCUT2D eigenvalue weighted by atomic mass is 9.98. The van der Waals surface area contributed by atoms with Gasteiger partial charge < -0.3 is 26.0 Å². The molecule has 0 fully saturated rings. The summed E-state index contributed by atoms with van der Waals surface area (Å²) in [4.78, 5) is 45.0. The zero-order valence-electron chi connectivity index (χ0n) is 58.9. The minimum atomic E-state index is -4.53. The standard InChI is InChI=1S/C24H23N7O.C18H12F3N5.C18H12N8O2.C17H12N8/c1-23(2)17-13-31(30-20(17)24(3,4)32-23)22-16-8-7-15(12-14(16)9-11-26-22)27-21-19-18(28-29-21)6-5-10-25-19;1-10(18(19,20)21)15-13-5-4-12(9-11(13)6-8-23-15)24-17-16-14(25-26-17)3-2-7-22-16;27-26(28)13-9-21-25(10-13)18-14-4-3-12(8-11(14)5-7-20-18)22-17-16-15(23-24-17)2-1-6-19-16;1-2-14-15(18-6-1)16(23-22-14)21-12-3-4-13-11(10-12)5-7-19-17(13)25-9-8-20-24-25/h5-13H,1-4H3,(H2,27,28,29);2-9H,1H2,(H2,24,25,26);1-10H,(H2,22,23,24);1-10H,(H2,21,22,23). The zero-order chi connectivity index (χ0) is 76.1. The Labute approximate surface area is 623 Å². The Morgan fingerprint density at radius 3 is 1.26 bits per heavy atom. The minimum Gasteiger partial charge on any atom is -0.358 e. The number of fused-ring (bicyclic) bond motifs is 9. The summed E-state index contributed by atoms with van der Waals surface area (Å²) in [5, 5.41) is 76.4. The maximum absolute atomic E-state index is 13.0. The second kappa shape index (κ2) is 27.8. The van der Waals surface area contributed by atoms with E-state index >= 15 is 0 Å². The van der Waals surface area contributed by atoms with E-state index in [0.29, 0.717) is 51.1 Å². The highest BCUT2D eigenvalue weighted by Crippen LogP contribution is 2.47. The highest BCUT2D eigenvalue weighted by atomic mass is 19.4. The number of hydrogen-bond acceptors (Lipinski definition) is 23. The van der Waals surface area contributed by atoms with Crippen molar-refractivity contribution in [1.82, 2.24) is 115 Å². The van der Waals surface area contributed by atoms with E-state index in [1.165, 1.54) is 23.3 Å². The van der Waals surface area contributed by atoms with Gasteiger partial charge in [0.15, 0.2) is 40.7 Å². The van der Waals surface area contributed by atoms with Crippen LogP contribution in [0.2, 0.25) is 0 Å². The number of halogens is 3. The van der Waals surface area contributed by atoms with Gasteiger partial charge in [-0.2, -0.15) is 43.8 Å². The molecule has 19 aromatic rings. The molecule has 0 saturated heterocycles. The Morgan fingerprint density at radius 1 is 0.477 bits per heavy atom. The fourth-order valence-electron chi connectivity index (χ4n) is 13.2. The number of rotatable bonds is 13. The highest BCUT2D eigenvalue weighted by Gasteiger charge is 2.46. The molecule has 1 aliphatic rings. The predicted octanol–water partition coefficient (Wildman–Crippen LogP) is 15.9. The van der Waals surface area contributed by atoms with Gasteiger partial charge in [0.1, 0.15) is 45.8 Å². The molecule has 16 heterocycles. The molecule has 31 nitrogen and oxygen atoms in total. The average Bonchev–Trinajstić information content (AvgIpc) is 1.56. The molecule has 0 aliphatic carbocycles. The molecule has 0 bridgehead atoms. The third-order valence-corrected chi connectivity index (χ3v) is 18.3. The first-order valence-electron chi connectivity index (χ1n) is 34.3. The molecule has 0 atom stereocenters. The first kappa shape index (κ1) is 68.7. The summed E-state index contributed by atoms with van der Waals surface area (Å²) in [5.74, 6) is 4.61. The quantitative estimate of drug-likeness (QED) is 0.0392. The number of anilines is 8. The van der Waals surface area contributed by atoms with Crippen LogP contribution in [0.25, 0.3) is 110 Å². The van der Waals surface area contributed by atoms with Crippen molar-refractivity contribution in [2.24, 2.45) is 0 Å². The molecule has 4 aromatic carbocycles. The molecule has 20 rings (SSSR count). The smallest absolute Gasteiger partial charge is 0.358 e. The van der Waals surface area contributed by atoms with Crippen molar-refractivity contribution >= 4 is 145 Å². The molecule has 0 unspecified atom stereocenters. The highest BCUT2D eigenvalue weighted by molar-refractivity contribution is 5.98. The van der Waals surface area contributed by atoms with Gasteiger partial charge in [0, 0.05) is 106 Å². The van der Waals surface area contributed by atoms with E-state index in [0.717, 1.165) is 111 Å². The fourth-order valence-corrected chi connectivity index (χ4v) is 13.2. The van der Waals surface area contributed by atoms with Crippen LogP contribution in [-0.2, 0) is 15.9 Å². The molecule has 0 radical (unpaired) electrons. The van der Waals surface area contributed by atoms with Gasteiger partial charge in [-0.3, -0.25) is 55.4 Å². The molecule has 0 spiro atoms. The second-order valence-corrected chi connectivity index (χ2v) is 26.4. The number of aromatic amines is 4. The van der Waals surface area contributed by atoms with Gasteiger partial charge in [0.25, 0.3) is 0 Å². The molecular formula is C77H59F3N28O3. The topological polar surface area (TPSA) is 385 Å². The summed E-state index contributed by atoms with van der Waals surface area (Å²) in [6.07, 6.45) is 16.9. The number of H-pyrrole nitrogens is 4. The molecule has 0 amide bonds. The first-order valence-corrected chi connectivity index (χ1v) is 34.3. The van der Waals surface area contributed by atoms with Crippen molar-refractivity contribution in [2.45, 2.75) is 45.1 Å². The van der Waals surface area contributed by atoms with Gasteiger partial charge in [0.05, 0.1) is 56.3 Å². The molecule has 111 heavy (non-hydrogen) atoms. The molecule has 546 valence electrons. The Morgan fingerprint density at radius 2 is 0.874 bits per heavy atom. The van der Waals surface area contributed by atoms with Crippen LogP contribution in [-0.4, -0.2) is 126 Å². The summed E-state index contributed by atoms with van der Waals surface area (Å²) in [6.45, 7) is 11.4. The van der Waals surface area contributed by atoms with Crippen LogP contribution in [0, 0.1) is 10.1 Å². The predicted molar refractivity (Wildman–Crippen MR) is 414 cm³/mol. The zero-order valence-corrected chi connectivity index (χ0v) is 58.9. The molecular weight excluding hydrogens is 1420 g/mol. The van der Waals surface area contributed by atoms with E-state index in [-0.39, 0.29) is 17.0 Å². The van der Waals surface area contributed by atoms with Crippen molar-refractivity contribution in [1.29, 1.82) is 0 Å². The lowest BCUT2D eigenvalue weighted by Crippen LogP contribution is -2.24. The van der Waals surface area contributed by atoms with Crippen LogP contribution < -0.4 is 21.3 Å². The van der Waals surface area contributed by atoms with Crippen molar-refractivity contribution in [3.05, 3.63) is 260 Å². The van der Waals surface area contributed by atoms with Gasteiger partial charge in [-0.1, -0.05) is 17.9 Å². The van der Waals surface area contributed by atoms with E-state index in [1.807, 2.05) is 120 Å². The summed E-state index contributed by atoms with van der Waals surface area (Å²) >= 11 is 0. The number of benzene rings is 4. The van der Waals surface area contributed by atoms with Gasteiger partial charge >= 0.3 is 11.9 Å². The van der Waals surface area contributed by atoms with Crippen LogP contribution in [0.4, 0.5) is 64.9 Å².